The zero-order valence-electron chi connectivity index (χ0n) is 16.0. The SMILES string of the molecule is Cc1oc2cc3oc(=O)c(CC(=O)NCCc4ccsc4)c(C)c3cc2c1C. The molecule has 3 heterocycles. The number of hydrogen-bond donors (Lipinski definition) is 1. The van der Waals surface area contributed by atoms with E-state index in [0.717, 1.165) is 34.1 Å². The Bertz CT molecular complexity index is 1230. The molecule has 0 saturated heterocycles. The second kappa shape index (κ2) is 7.28. The van der Waals surface area contributed by atoms with Crippen LogP contribution in [0.15, 0.2) is 42.6 Å². The number of thiophene rings is 1. The van der Waals surface area contributed by atoms with Crippen molar-refractivity contribution in [2.75, 3.05) is 6.54 Å². The number of benzene rings is 1. The summed E-state index contributed by atoms with van der Waals surface area (Å²) in [5, 5.41) is 8.79. The maximum absolute atomic E-state index is 12.5. The maximum Gasteiger partial charge on any atom is 0.340 e. The number of fused-ring (bicyclic) bond motifs is 2. The molecule has 3 aromatic heterocycles. The van der Waals surface area contributed by atoms with Gasteiger partial charge >= 0.3 is 5.63 Å². The lowest BCUT2D eigenvalue weighted by atomic mass is 10.0. The van der Waals surface area contributed by atoms with Crippen LogP contribution >= 0.6 is 11.3 Å². The fourth-order valence-electron chi connectivity index (χ4n) is 3.43. The highest BCUT2D eigenvalue weighted by molar-refractivity contribution is 7.07. The van der Waals surface area contributed by atoms with E-state index >= 15 is 0 Å². The summed E-state index contributed by atoms with van der Waals surface area (Å²) in [4.78, 5) is 24.8. The first-order valence-electron chi connectivity index (χ1n) is 9.18. The Morgan fingerprint density at radius 3 is 2.57 bits per heavy atom. The van der Waals surface area contributed by atoms with Gasteiger partial charge < -0.3 is 14.2 Å². The third kappa shape index (κ3) is 3.36. The molecular weight excluding hydrogens is 374 g/mol. The van der Waals surface area contributed by atoms with Gasteiger partial charge in [-0.25, -0.2) is 4.79 Å². The lowest BCUT2D eigenvalue weighted by Gasteiger charge is -2.09. The van der Waals surface area contributed by atoms with Crippen molar-refractivity contribution in [2.45, 2.75) is 33.6 Å². The van der Waals surface area contributed by atoms with Gasteiger partial charge in [0.05, 0.1) is 12.0 Å². The molecule has 6 heteroatoms. The molecule has 0 aliphatic heterocycles. The van der Waals surface area contributed by atoms with Crippen molar-refractivity contribution in [3.63, 3.8) is 0 Å². The molecule has 4 aromatic rings. The van der Waals surface area contributed by atoms with E-state index in [1.165, 1.54) is 5.56 Å². The molecule has 1 N–H and O–H groups in total. The van der Waals surface area contributed by atoms with E-state index < -0.39 is 5.63 Å². The standard InChI is InChI=1S/C22H21NO4S/c1-12-14(3)26-19-10-20-17(8-16(12)19)13(2)18(22(25)27-20)9-21(24)23-6-4-15-5-7-28-11-15/h5,7-8,10-11H,4,6,9H2,1-3H3,(H,23,24). The fourth-order valence-corrected chi connectivity index (χ4v) is 4.14. The van der Waals surface area contributed by atoms with Gasteiger partial charge in [0, 0.05) is 23.4 Å². The van der Waals surface area contributed by atoms with Crippen molar-refractivity contribution in [1.82, 2.24) is 5.32 Å². The number of aryl methyl sites for hydroxylation is 3. The highest BCUT2D eigenvalue weighted by atomic mass is 32.1. The summed E-state index contributed by atoms with van der Waals surface area (Å²) in [6.45, 7) is 6.32. The molecule has 0 saturated carbocycles. The van der Waals surface area contributed by atoms with Crippen LogP contribution in [0.25, 0.3) is 21.9 Å². The highest BCUT2D eigenvalue weighted by Gasteiger charge is 2.17. The van der Waals surface area contributed by atoms with Crippen LogP contribution < -0.4 is 10.9 Å². The zero-order chi connectivity index (χ0) is 19.8. The Morgan fingerprint density at radius 2 is 1.82 bits per heavy atom. The second-order valence-electron chi connectivity index (χ2n) is 7.03. The molecule has 5 nitrogen and oxygen atoms in total. The summed E-state index contributed by atoms with van der Waals surface area (Å²) in [6, 6.07) is 5.77. The molecule has 28 heavy (non-hydrogen) atoms. The van der Waals surface area contributed by atoms with Crippen molar-refractivity contribution in [1.29, 1.82) is 0 Å². The summed E-state index contributed by atoms with van der Waals surface area (Å²) in [6.07, 6.45) is 0.785. The van der Waals surface area contributed by atoms with Gasteiger partial charge in [-0.05, 0) is 66.8 Å². The van der Waals surface area contributed by atoms with Crippen LogP contribution in [0.3, 0.4) is 0 Å². The first-order chi connectivity index (χ1) is 13.4. The molecule has 144 valence electrons. The number of amides is 1. The minimum atomic E-state index is -0.475. The summed E-state index contributed by atoms with van der Waals surface area (Å²) in [5.74, 6) is 0.664. The Hall–Kier alpha value is -2.86. The van der Waals surface area contributed by atoms with Crippen molar-refractivity contribution in [3.05, 3.63) is 67.4 Å². The largest absolute Gasteiger partial charge is 0.461 e. The number of carbonyl (C=O) groups excluding carboxylic acids is 1. The molecular formula is C22H21NO4S. The van der Waals surface area contributed by atoms with Crippen molar-refractivity contribution < 1.29 is 13.6 Å². The Balaban J connectivity index is 1.61. The first kappa shape index (κ1) is 18.5. The van der Waals surface area contributed by atoms with Gasteiger partial charge in [-0.3, -0.25) is 4.79 Å². The average molecular weight is 395 g/mol. The molecule has 0 bridgehead atoms. The van der Waals surface area contributed by atoms with E-state index in [4.69, 9.17) is 8.83 Å². The van der Waals surface area contributed by atoms with Crippen molar-refractivity contribution >= 4 is 39.2 Å². The monoisotopic (exact) mass is 395 g/mol. The minimum absolute atomic E-state index is 0.00910. The molecule has 0 atom stereocenters. The van der Waals surface area contributed by atoms with Gasteiger partial charge in [0.1, 0.15) is 16.9 Å². The van der Waals surface area contributed by atoms with Crippen LogP contribution in [0.5, 0.6) is 0 Å². The summed E-state index contributed by atoms with van der Waals surface area (Å²) < 4.78 is 11.2. The normalized spacial score (nSPS) is 11.4. The van der Waals surface area contributed by atoms with Crippen LogP contribution in [-0.4, -0.2) is 12.5 Å². The Morgan fingerprint density at radius 1 is 1.07 bits per heavy atom. The topological polar surface area (TPSA) is 72.5 Å². The van der Waals surface area contributed by atoms with Gasteiger partial charge in [-0.2, -0.15) is 11.3 Å². The number of nitrogens with one attached hydrogen (secondary N) is 1. The van der Waals surface area contributed by atoms with Crippen LogP contribution in [0, 0.1) is 20.8 Å². The van der Waals surface area contributed by atoms with Crippen LogP contribution in [0.4, 0.5) is 0 Å². The molecule has 4 rings (SSSR count). The van der Waals surface area contributed by atoms with Crippen molar-refractivity contribution in [3.8, 4) is 0 Å². The maximum atomic E-state index is 12.5. The second-order valence-corrected chi connectivity index (χ2v) is 7.81. The van der Waals surface area contributed by atoms with Crippen LogP contribution in [-0.2, 0) is 17.6 Å². The number of hydrogen-bond acceptors (Lipinski definition) is 5. The fraction of sp³-hybridized carbons (Fsp3) is 0.273. The molecule has 0 spiro atoms. The summed E-state index contributed by atoms with van der Waals surface area (Å²) >= 11 is 1.64. The Labute approximate surface area is 166 Å². The van der Waals surface area contributed by atoms with E-state index in [0.29, 0.717) is 23.3 Å². The Kier molecular flexibility index (Phi) is 4.81. The average Bonchev–Trinajstić information content (AvgIpc) is 3.26. The van der Waals surface area contributed by atoms with Crippen molar-refractivity contribution in [2.24, 2.45) is 0 Å². The van der Waals surface area contributed by atoms with Crippen LogP contribution in [0.2, 0.25) is 0 Å². The van der Waals surface area contributed by atoms with Gasteiger partial charge in [0.25, 0.3) is 0 Å². The summed E-state index contributed by atoms with van der Waals surface area (Å²) in [5.41, 5.74) is 4.14. The third-order valence-corrected chi connectivity index (χ3v) is 5.97. The minimum Gasteiger partial charge on any atom is -0.461 e. The number of carbonyl (C=O) groups is 1. The van der Waals surface area contributed by atoms with E-state index in [-0.39, 0.29) is 12.3 Å². The third-order valence-electron chi connectivity index (χ3n) is 5.24. The lowest BCUT2D eigenvalue weighted by Crippen LogP contribution is -2.29. The summed E-state index contributed by atoms with van der Waals surface area (Å²) in [7, 11) is 0. The van der Waals surface area contributed by atoms with Gasteiger partial charge in [0.2, 0.25) is 5.91 Å². The molecule has 1 aromatic carbocycles. The molecule has 1 amide bonds. The lowest BCUT2D eigenvalue weighted by molar-refractivity contribution is -0.120. The highest BCUT2D eigenvalue weighted by Crippen LogP contribution is 2.30. The van der Waals surface area contributed by atoms with E-state index in [9.17, 15) is 9.59 Å². The predicted molar refractivity (Wildman–Crippen MR) is 111 cm³/mol. The predicted octanol–water partition coefficient (Wildman–Crippen LogP) is 4.43. The van der Waals surface area contributed by atoms with Gasteiger partial charge in [-0.1, -0.05) is 0 Å². The molecule has 0 aliphatic carbocycles. The number of furan rings is 1. The smallest absolute Gasteiger partial charge is 0.340 e. The number of rotatable bonds is 5. The molecule has 0 aliphatic rings. The van der Waals surface area contributed by atoms with Gasteiger partial charge in [0.15, 0.2) is 0 Å². The van der Waals surface area contributed by atoms with E-state index in [1.807, 2.05) is 38.3 Å². The van der Waals surface area contributed by atoms with E-state index in [2.05, 4.69) is 10.7 Å². The first-order valence-corrected chi connectivity index (χ1v) is 10.1. The molecule has 0 unspecified atom stereocenters. The van der Waals surface area contributed by atoms with E-state index in [1.54, 1.807) is 17.4 Å². The van der Waals surface area contributed by atoms with Crippen LogP contribution in [0.1, 0.15) is 28.0 Å². The molecule has 0 radical (unpaired) electrons. The quantitative estimate of drug-likeness (QED) is 0.508. The zero-order valence-corrected chi connectivity index (χ0v) is 16.9. The van der Waals surface area contributed by atoms with Gasteiger partial charge in [-0.15, -0.1) is 0 Å². The molecule has 0 fully saturated rings.